The van der Waals surface area contributed by atoms with E-state index in [0.29, 0.717) is 0 Å². The van der Waals surface area contributed by atoms with Crippen molar-refractivity contribution in [1.82, 2.24) is 5.32 Å². The minimum atomic E-state index is -0.640. The van der Waals surface area contributed by atoms with Crippen molar-refractivity contribution in [3.63, 3.8) is 0 Å². The van der Waals surface area contributed by atoms with Gasteiger partial charge in [0.1, 0.15) is 0 Å². The van der Waals surface area contributed by atoms with Crippen LogP contribution in [0.3, 0.4) is 0 Å². The Morgan fingerprint density at radius 2 is 2.00 bits per heavy atom. The van der Waals surface area contributed by atoms with Gasteiger partial charge in [-0.2, -0.15) is 0 Å². The van der Waals surface area contributed by atoms with E-state index in [-0.39, 0.29) is 23.8 Å². The van der Waals surface area contributed by atoms with Gasteiger partial charge < -0.3 is 20.6 Å². The molecule has 0 fully saturated rings. The third kappa shape index (κ3) is 3.35. The zero-order valence-electron chi connectivity index (χ0n) is 9.84. The molecule has 94 valence electrons. The van der Waals surface area contributed by atoms with Crippen LogP contribution in [0.25, 0.3) is 0 Å². The maximum absolute atomic E-state index is 11.7. The van der Waals surface area contributed by atoms with Gasteiger partial charge in [-0.05, 0) is 18.1 Å². The van der Waals surface area contributed by atoms with Crippen LogP contribution in [0.5, 0.6) is 11.5 Å². The fraction of sp³-hybridized carbons (Fsp3) is 0.417. The number of aliphatic hydroxyl groups is 1. The smallest absolute Gasteiger partial charge is 0.255 e. The molecular weight excluding hydrogens is 222 g/mol. The minimum absolute atomic E-state index is 0.0130. The van der Waals surface area contributed by atoms with Crippen molar-refractivity contribution < 1.29 is 20.1 Å². The Labute approximate surface area is 99.7 Å². The number of phenolic OH excluding ortho intramolecular Hbond substituents is 2. The summed E-state index contributed by atoms with van der Waals surface area (Å²) < 4.78 is 0. The number of nitrogens with one attached hydrogen (secondary N) is 1. The Hall–Kier alpha value is -1.75. The molecule has 1 rings (SSSR count). The second-order valence-electron chi connectivity index (χ2n) is 4.19. The average molecular weight is 239 g/mol. The Bertz CT molecular complexity index is 403. The molecule has 4 N–H and O–H groups in total. The van der Waals surface area contributed by atoms with Crippen molar-refractivity contribution in [3.8, 4) is 11.5 Å². The maximum atomic E-state index is 11.7. The van der Waals surface area contributed by atoms with Gasteiger partial charge in [-0.3, -0.25) is 4.79 Å². The van der Waals surface area contributed by atoms with Crippen LogP contribution < -0.4 is 5.32 Å². The highest BCUT2D eigenvalue weighted by molar-refractivity contribution is 5.97. The van der Waals surface area contributed by atoms with Gasteiger partial charge in [0.2, 0.25) is 0 Å². The van der Waals surface area contributed by atoms with E-state index in [0.717, 1.165) is 0 Å². The Morgan fingerprint density at radius 1 is 1.35 bits per heavy atom. The molecule has 0 saturated heterocycles. The molecule has 0 aliphatic heterocycles. The molecule has 1 amide bonds. The Morgan fingerprint density at radius 3 is 2.59 bits per heavy atom. The molecule has 1 aromatic carbocycles. The van der Waals surface area contributed by atoms with E-state index >= 15 is 0 Å². The highest BCUT2D eigenvalue weighted by atomic mass is 16.3. The zero-order valence-corrected chi connectivity index (χ0v) is 9.84. The van der Waals surface area contributed by atoms with Gasteiger partial charge in [-0.25, -0.2) is 0 Å². The summed E-state index contributed by atoms with van der Waals surface area (Å²) in [4.78, 5) is 11.7. The van der Waals surface area contributed by atoms with E-state index in [9.17, 15) is 20.1 Å². The number of benzene rings is 1. The highest BCUT2D eigenvalue weighted by Gasteiger charge is 2.16. The lowest BCUT2D eigenvalue weighted by Gasteiger charge is -2.15. The number of amides is 1. The van der Waals surface area contributed by atoms with Crippen LogP contribution in [-0.4, -0.2) is 33.9 Å². The molecule has 0 aromatic heterocycles. The largest absolute Gasteiger partial charge is 0.504 e. The molecule has 0 aliphatic rings. The summed E-state index contributed by atoms with van der Waals surface area (Å²) in [6.45, 7) is 3.77. The second kappa shape index (κ2) is 5.54. The number of phenols is 2. The predicted molar refractivity (Wildman–Crippen MR) is 62.9 cm³/mol. The first-order valence-electron chi connectivity index (χ1n) is 5.40. The maximum Gasteiger partial charge on any atom is 0.255 e. The topological polar surface area (TPSA) is 89.8 Å². The summed E-state index contributed by atoms with van der Waals surface area (Å²) in [6, 6.07) is 4.14. The first-order chi connectivity index (χ1) is 7.93. The standard InChI is InChI=1S/C12H17NO4/c1-7(2)10(15)6-13-12(17)8-4-3-5-9(14)11(8)16/h3-5,7,10,14-16H,6H2,1-2H3,(H,13,17). The molecule has 0 heterocycles. The lowest BCUT2D eigenvalue weighted by atomic mass is 10.1. The molecule has 0 radical (unpaired) electrons. The van der Waals surface area contributed by atoms with Crippen LogP contribution in [0.4, 0.5) is 0 Å². The summed E-state index contributed by atoms with van der Waals surface area (Å²) in [6.07, 6.45) is -0.640. The van der Waals surface area contributed by atoms with E-state index in [1.807, 2.05) is 13.8 Å². The van der Waals surface area contributed by atoms with Crippen LogP contribution in [0, 0.1) is 5.92 Å². The van der Waals surface area contributed by atoms with E-state index in [4.69, 9.17) is 0 Å². The van der Waals surface area contributed by atoms with Crippen LogP contribution in [0.15, 0.2) is 18.2 Å². The number of aromatic hydroxyl groups is 2. The molecule has 0 saturated carbocycles. The van der Waals surface area contributed by atoms with Gasteiger partial charge >= 0.3 is 0 Å². The van der Waals surface area contributed by atoms with Crippen molar-refractivity contribution in [1.29, 1.82) is 0 Å². The molecule has 1 aromatic rings. The number of hydrogen-bond donors (Lipinski definition) is 4. The summed E-state index contributed by atoms with van der Waals surface area (Å²) >= 11 is 0. The first kappa shape index (κ1) is 13.3. The number of para-hydroxylation sites is 1. The SMILES string of the molecule is CC(C)C(O)CNC(=O)c1cccc(O)c1O. The number of carbonyl (C=O) groups excluding carboxylic acids is 1. The van der Waals surface area contributed by atoms with Crippen molar-refractivity contribution in [2.45, 2.75) is 20.0 Å². The monoisotopic (exact) mass is 239 g/mol. The Kier molecular flexibility index (Phi) is 4.34. The molecule has 0 aliphatic carbocycles. The molecule has 1 atom stereocenters. The zero-order chi connectivity index (χ0) is 13.0. The van der Waals surface area contributed by atoms with Gasteiger partial charge in [0, 0.05) is 6.54 Å². The van der Waals surface area contributed by atoms with Gasteiger partial charge in [0.05, 0.1) is 11.7 Å². The fourth-order valence-corrected chi connectivity index (χ4v) is 1.24. The molecule has 5 heteroatoms. The second-order valence-corrected chi connectivity index (χ2v) is 4.19. The van der Waals surface area contributed by atoms with Gasteiger partial charge in [0.25, 0.3) is 5.91 Å². The predicted octanol–water partition coefficient (Wildman–Crippen LogP) is 0.845. The van der Waals surface area contributed by atoms with Crippen LogP contribution >= 0.6 is 0 Å². The van der Waals surface area contributed by atoms with E-state index in [2.05, 4.69) is 5.32 Å². The number of hydrogen-bond acceptors (Lipinski definition) is 4. The van der Waals surface area contributed by atoms with Crippen molar-refractivity contribution in [2.75, 3.05) is 6.54 Å². The third-order valence-corrected chi connectivity index (χ3v) is 2.50. The summed E-state index contributed by atoms with van der Waals surface area (Å²) in [5.74, 6) is -1.29. The van der Waals surface area contributed by atoms with Crippen LogP contribution in [0.1, 0.15) is 24.2 Å². The first-order valence-corrected chi connectivity index (χ1v) is 5.40. The minimum Gasteiger partial charge on any atom is -0.504 e. The average Bonchev–Trinajstić information content (AvgIpc) is 2.29. The van der Waals surface area contributed by atoms with Crippen molar-refractivity contribution in [3.05, 3.63) is 23.8 Å². The molecule has 17 heavy (non-hydrogen) atoms. The van der Waals surface area contributed by atoms with Gasteiger partial charge in [-0.15, -0.1) is 0 Å². The molecule has 0 spiro atoms. The molecule has 1 unspecified atom stereocenters. The molecule has 0 bridgehead atoms. The Balaban J connectivity index is 2.68. The van der Waals surface area contributed by atoms with E-state index in [1.165, 1.54) is 18.2 Å². The van der Waals surface area contributed by atoms with Crippen LogP contribution in [-0.2, 0) is 0 Å². The van der Waals surface area contributed by atoms with Gasteiger partial charge in [-0.1, -0.05) is 19.9 Å². The highest BCUT2D eigenvalue weighted by Crippen LogP contribution is 2.27. The van der Waals surface area contributed by atoms with Crippen LogP contribution in [0.2, 0.25) is 0 Å². The molecular formula is C12H17NO4. The quantitative estimate of drug-likeness (QED) is 0.586. The van der Waals surface area contributed by atoms with Gasteiger partial charge in [0.15, 0.2) is 11.5 Å². The number of aliphatic hydroxyl groups excluding tert-OH is 1. The van der Waals surface area contributed by atoms with E-state index in [1.54, 1.807) is 0 Å². The lowest BCUT2D eigenvalue weighted by Crippen LogP contribution is -2.34. The third-order valence-electron chi connectivity index (χ3n) is 2.50. The number of carbonyl (C=O) groups is 1. The normalized spacial score (nSPS) is 12.5. The lowest BCUT2D eigenvalue weighted by molar-refractivity contribution is 0.0868. The summed E-state index contributed by atoms with van der Waals surface area (Å²) in [5.41, 5.74) is -0.0130. The summed E-state index contributed by atoms with van der Waals surface area (Å²) in [7, 11) is 0. The summed E-state index contributed by atoms with van der Waals surface area (Å²) in [5, 5.41) is 30.7. The van der Waals surface area contributed by atoms with E-state index < -0.39 is 17.8 Å². The molecule has 5 nitrogen and oxygen atoms in total. The van der Waals surface area contributed by atoms with Crippen molar-refractivity contribution >= 4 is 5.91 Å². The number of rotatable bonds is 4. The fourth-order valence-electron chi connectivity index (χ4n) is 1.24. The van der Waals surface area contributed by atoms with Crippen molar-refractivity contribution in [2.24, 2.45) is 5.92 Å².